The van der Waals surface area contributed by atoms with Crippen molar-refractivity contribution < 1.29 is 4.74 Å². The van der Waals surface area contributed by atoms with Crippen LogP contribution in [0.15, 0.2) is 103 Å². The average Bonchev–Trinajstić information content (AvgIpc) is 3.10. The standard InChI is InChI=1S/C28H21NO/c1-29-25-15-9-8-14-23(25)24-19-27-20(18-26(24)29)16-17-28(30-27,21-10-4-2-5-11-21)22-12-6-3-7-13-22/h2-19H,1H3. The van der Waals surface area contributed by atoms with E-state index in [-0.39, 0.29) is 0 Å². The Morgan fingerprint density at radius 2 is 1.30 bits per heavy atom. The number of nitrogens with zero attached hydrogens (tertiary/aromatic N) is 1. The van der Waals surface area contributed by atoms with E-state index < -0.39 is 5.60 Å². The Morgan fingerprint density at radius 3 is 2.00 bits per heavy atom. The maximum atomic E-state index is 6.86. The van der Waals surface area contributed by atoms with Gasteiger partial charge in [0.15, 0.2) is 5.60 Å². The van der Waals surface area contributed by atoms with Crippen LogP contribution in [0.1, 0.15) is 16.7 Å². The van der Waals surface area contributed by atoms with Crippen molar-refractivity contribution in [2.75, 3.05) is 0 Å². The van der Waals surface area contributed by atoms with Crippen LogP contribution in [0, 0.1) is 0 Å². The zero-order valence-electron chi connectivity index (χ0n) is 16.7. The van der Waals surface area contributed by atoms with Gasteiger partial charge in [0.2, 0.25) is 0 Å². The van der Waals surface area contributed by atoms with Crippen molar-refractivity contribution in [1.82, 2.24) is 4.57 Å². The SMILES string of the molecule is Cn1c2ccccc2c2cc3c(cc21)C=CC(c1ccccc1)(c1ccccc1)O3. The van der Waals surface area contributed by atoms with Crippen molar-refractivity contribution in [3.63, 3.8) is 0 Å². The largest absolute Gasteiger partial charge is 0.473 e. The molecule has 2 heteroatoms. The second-order valence-corrected chi connectivity index (χ2v) is 7.89. The predicted octanol–water partition coefficient (Wildman–Crippen LogP) is 6.68. The van der Waals surface area contributed by atoms with Crippen LogP contribution in [0.2, 0.25) is 0 Å². The normalized spacial score (nSPS) is 14.6. The van der Waals surface area contributed by atoms with E-state index in [0.29, 0.717) is 0 Å². The fraction of sp³-hybridized carbons (Fsp3) is 0.0714. The molecule has 0 N–H and O–H groups in total. The number of fused-ring (bicyclic) bond motifs is 4. The first-order valence-electron chi connectivity index (χ1n) is 10.3. The molecule has 0 saturated heterocycles. The monoisotopic (exact) mass is 387 g/mol. The van der Waals surface area contributed by atoms with Crippen molar-refractivity contribution >= 4 is 27.9 Å². The molecule has 0 saturated carbocycles. The molecule has 5 aromatic rings. The number of hydrogen-bond donors (Lipinski definition) is 0. The third-order valence-corrected chi connectivity index (χ3v) is 6.22. The zero-order chi connectivity index (χ0) is 20.1. The van der Waals surface area contributed by atoms with E-state index in [1.807, 2.05) is 12.1 Å². The van der Waals surface area contributed by atoms with Crippen LogP contribution in [0.3, 0.4) is 0 Å². The third-order valence-electron chi connectivity index (χ3n) is 6.22. The summed E-state index contributed by atoms with van der Waals surface area (Å²) in [5.74, 6) is 0.911. The van der Waals surface area contributed by atoms with Gasteiger partial charge in [0.1, 0.15) is 5.75 Å². The fourth-order valence-electron chi connectivity index (χ4n) is 4.68. The molecule has 2 heterocycles. The van der Waals surface area contributed by atoms with Crippen LogP contribution < -0.4 is 4.74 Å². The van der Waals surface area contributed by atoms with Crippen LogP contribution in [0.25, 0.3) is 27.9 Å². The molecule has 0 bridgehead atoms. The summed E-state index contributed by atoms with van der Waals surface area (Å²) >= 11 is 0. The van der Waals surface area contributed by atoms with Crippen LogP contribution in [-0.4, -0.2) is 4.57 Å². The molecule has 0 fully saturated rings. The summed E-state index contributed by atoms with van der Waals surface area (Å²) in [6.07, 6.45) is 4.39. The second kappa shape index (κ2) is 6.36. The molecule has 0 amide bonds. The van der Waals surface area contributed by atoms with E-state index in [2.05, 4.69) is 109 Å². The second-order valence-electron chi connectivity index (χ2n) is 7.89. The topological polar surface area (TPSA) is 14.2 Å². The Kier molecular flexibility index (Phi) is 3.63. The van der Waals surface area contributed by atoms with Gasteiger partial charge in [-0.25, -0.2) is 0 Å². The molecule has 30 heavy (non-hydrogen) atoms. The van der Waals surface area contributed by atoms with Gasteiger partial charge in [-0.3, -0.25) is 0 Å². The van der Waals surface area contributed by atoms with E-state index in [4.69, 9.17) is 4.74 Å². The predicted molar refractivity (Wildman–Crippen MR) is 124 cm³/mol. The fourth-order valence-corrected chi connectivity index (χ4v) is 4.68. The lowest BCUT2D eigenvalue weighted by Crippen LogP contribution is -2.34. The Labute approximate surface area is 175 Å². The Morgan fingerprint density at radius 1 is 0.667 bits per heavy atom. The number of benzene rings is 4. The van der Waals surface area contributed by atoms with Crippen molar-refractivity contribution in [3.8, 4) is 5.75 Å². The van der Waals surface area contributed by atoms with E-state index in [0.717, 1.165) is 22.4 Å². The van der Waals surface area contributed by atoms with Crippen molar-refractivity contribution in [3.05, 3.63) is 120 Å². The van der Waals surface area contributed by atoms with Crippen molar-refractivity contribution in [1.29, 1.82) is 0 Å². The molecule has 0 spiro atoms. The third kappa shape index (κ3) is 2.37. The highest BCUT2D eigenvalue weighted by Gasteiger charge is 2.37. The average molecular weight is 387 g/mol. The zero-order valence-corrected chi connectivity index (χ0v) is 16.7. The number of aromatic nitrogens is 1. The highest BCUT2D eigenvalue weighted by Crippen LogP contribution is 2.44. The van der Waals surface area contributed by atoms with Crippen LogP contribution in [0.4, 0.5) is 0 Å². The lowest BCUT2D eigenvalue weighted by atomic mass is 9.83. The molecule has 0 atom stereocenters. The molecule has 0 unspecified atom stereocenters. The summed E-state index contributed by atoms with van der Waals surface area (Å²) in [6.45, 7) is 0. The maximum absolute atomic E-state index is 6.86. The smallest absolute Gasteiger partial charge is 0.178 e. The summed E-state index contributed by atoms with van der Waals surface area (Å²) < 4.78 is 9.12. The van der Waals surface area contributed by atoms with E-state index in [9.17, 15) is 0 Å². The maximum Gasteiger partial charge on any atom is 0.178 e. The molecular formula is C28H21NO. The Bertz CT molecular complexity index is 1370. The summed E-state index contributed by atoms with van der Waals surface area (Å²) in [5, 5.41) is 2.47. The van der Waals surface area contributed by atoms with Gasteiger partial charge in [0.25, 0.3) is 0 Å². The quantitative estimate of drug-likeness (QED) is 0.329. The minimum absolute atomic E-state index is 0.645. The van der Waals surface area contributed by atoms with E-state index in [1.165, 1.54) is 21.8 Å². The van der Waals surface area contributed by atoms with Gasteiger partial charge in [0, 0.05) is 45.5 Å². The number of aryl methyl sites for hydroxylation is 1. The van der Waals surface area contributed by atoms with Gasteiger partial charge in [-0.2, -0.15) is 0 Å². The Hall–Kier alpha value is -3.78. The lowest BCUT2D eigenvalue weighted by molar-refractivity contribution is 0.161. The van der Waals surface area contributed by atoms with Gasteiger partial charge >= 0.3 is 0 Å². The molecule has 2 nitrogen and oxygen atoms in total. The molecule has 1 aliphatic heterocycles. The summed E-state index contributed by atoms with van der Waals surface area (Å²) in [5.41, 5.74) is 5.16. The van der Waals surface area contributed by atoms with Crippen molar-refractivity contribution in [2.45, 2.75) is 5.60 Å². The van der Waals surface area contributed by atoms with Gasteiger partial charge in [-0.05, 0) is 24.3 Å². The minimum Gasteiger partial charge on any atom is -0.473 e. The number of rotatable bonds is 2. The molecule has 6 rings (SSSR count). The van der Waals surface area contributed by atoms with Crippen LogP contribution >= 0.6 is 0 Å². The van der Waals surface area contributed by atoms with Crippen molar-refractivity contribution in [2.24, 2.45) is 7.05 Å². The molecular weight excluding hydrogens is 366 g/mol. The Balaban J connectivity index is 1.61. The van der Waals surface area contributed by atoms with Gasteiger partial charge < -0.3 is 9.30 Å². The summed E-state index contributed by atoms with van der Waals surface area (Å²) in [4.78, 5) is 0. The number of hydrogen-bond acceptors (Lipinski definition) is 1. The van der Waals surface area contributed by atoms with Gasteiger partial charge in [-0.1, -0.05) is 84.9 Å². The summed E-state index contributed by atoms with van der Waals surface area (Å²) in [6, 6.07) is 33.9. The number of ether oxygens (including phenoxy) is 1. The molecule has 0 radical (unpaired) electrons. The van der Waals surface area contributed by atoms with Crippen LogP contribution in [0.5, 0.6) is 5.75 Å². The van der Waals surface area contributed by atoms with E-state index in [1.54, 1.807) is 0 Å². The van der Waals surface area contributed by atoms with Crippen LogP contribution in [-0.2, 0) is 12.6 Å². The molecule has 1 aromatic heterocycles. The highest BCUT2D eigenvalue weighted by molar-refractivity contribution is 6.09. The first-order valence-corrected chi connectivity index (χ1v) is 10.3. The highest BCUT2D eigenvalue weighted by atomic mass is 16.5. The van der Waals surface area contributed by atoms with E-state index >= 15 is 0 Å². The molecule has 1 aliphatic rings. The first-order chi connectivity index (χ1) is 14.8. The van der Waals surface area contributed by atoms with Gasteiger partial charge in [-0.15, -0.1) is 0 Å². The number of para-hydroxylation sites is 1. The molecule has 4 aromatic carbocycles. The molecule has 144 valence electrons. The van der Waals surface area contributed by atoms with Gasteiger partial charge in [0.05, 0.1) is 0 Å². The minimum atomic E-state index is -0.645. The first kappa shape index (κ1) is 17.1. The molecule has 0 aliphatic carbocycles. The lowest BCUT2D eigenvalue weighted by Gasteiger charge is -2.36. The summed E-state index contributed by atoms with van der Waals surface area (Å²) in [7, 11) is 2.13.